The largest absolute Gasteiger partial charge is 0.471 e. The first-order chi connectivity index (χ1) is 13.6. The number of imide groups is 1. The highest BCUT2D eigenvalue weighted by Crippen LogP contribution is 2.34. The quantitative estimate of drug-likeness (QED) is 0.627. The molecule has 10 heteroatoms. The third-order valence-corrected chi connectivity index (χ3v) is 5.21. The van der Waals surface area contributed by atoms with Gasteiger partial charge in [0.05, 0.1) is 0 Å². The highest BCUT2D eigenvalue weighted by Gasteiger charge is 2.43. The number of hydrogen-bond donors (Lipinski definition) is 0. The van der Waals surface area contributed by atoms with Crippen molar-refractivity contribution in [3.8, 4) is 17.6 Å². The van der Waals surface area contributed by atoms with Crippen LogP contribution < -0.4 is 4.74 Å². The molecule has 0 aliphatic rings. The van der Waals surface area contributed by atoms with Crippen molar-refractivity contribution in [2.75, 3.05) is 7.05 Å². The Kier molecular flexibility index (Phi) is 5.26. The number of alkyl halides is 3. The molecule has 0 fully saturated rings. The molecule has 2 aromatic heterocycles. The van der Waals surface area contributed by atoms with E-state index in [9.17, 15) is 22.8 Å². The van der Waals surface area contributed by atoms with Gasteiger partial charge in [-0.15, -0.1) is 11.3 Å². The second-order valence-electron chi connectivity index (χ2n) is 5.97. The molecule has 2 heterocycles. The van der Waals surface area contributed by atoms with Gasteiger partial charge < -0.3 is 4.74 Å². The first-order valence-corrected chi connectivity index (χ1v) is 8.90. The minimum atomic E-state index is -5.17. The maximum absolute atomic E-state index is 12.5. The standard InChI is InChI=1S/C19H12F3N3O3S/c1-10-13-4-3-11(8-15(13)29-16(10)9-23)28-12-5-6-24-14(7-12)17(26)25(2)18(27)19(20,21)22/h3-8H,1-2H3. The van der Waals surface area contributed by atoms with Crippen LogP contribution in [0.15, 0.2) is 36.5 Å². The molecule has 0 radical (unpaired) electrons. The fraction of sp³-hybridized carbons (Fsp3) is 0.158. The summed E-state index contributed by atoms with van der Waals surface area (Å²) in [5.41, 5.74) is 0.496. The fourth-order valence-electron chi connectivity index (χ4n) is 2.56. The summed E-state index contributed by atoms with van der Waals surface area (Å²) in [5, 5.41) is 10.0. The average molecular weight is 419 g/mol. The average Bonchev–Trinajstić information content (AvgIpc) is 3.01. The second-order valence-corrected chi connectivity index (χ2v) is 7.02. The van der Waals surface area contributed by atoms with E-state index in [-0.39, 0.29) is 16.3 Å². The Morgan fingerprint density at radius 2 is 1.90 bits per heavy atom. The number of nitriles is 1. The maximum atomic E-state index is 12.5. The molecule has 0 aliphatic heterocycles. The number of rotatable bonds is 3. The summed E-state index contributed by atoms with van der Waals surface area (Å²) in [4.78, 5) is 27.6. The van der Waals surface area contributed by atoms with E-state index in [0.717, 1.165) is 28.8 Å². The SMILES string of the molecule is Cc1c(C#N)sc2cc(Oc3ccnc(C(=O)N(C)C(=O)C(F)(F)F)c3)ccc12. The molecule has 1 aromatic carbocycles. The highest BCUT2D eigenvalue weighted by atomic mass is 32.1. The van der Waals surface area contributed by atoms with Crippen molar-refractivity contribution in [2.45, 2.75) is 13.1 Å². The van der Waals surface area contributed by atoms with E-state index in [4.69, 9.17) is 10.00 Å². The van der Waals surface area contributed by atoms with E-state index in [1.165, 1.54) is 23.6 Å². The zero-order valence-corrected chi connectivity index (χ0v) is 15.9. The van der Waals surface area contributed by atoms with Crippen LogP contribution in [0, 0.1) is 18.3 Å². The number of amides is 2. The monoisotopic (exact) mass is 419 g/mol. The minimum absolute atomic E-state index is 0.0456. The molecule has 0 bridgehead atoms. The first kappa shape index (κ1) is 20.3. The van der Waals surface area contributed by atoms with Crippen molar-refractivity contribution in [1.29, 1.82) is 5.26 Å². The predicted octanol–water partition coefficient (Wildman–Crippen LogP) is 4.43. The maximum Gasteiger partial charge on any atom is 0.471 e. The number of hydrogen-bond acceptors (Lipinski definition) is 6. The van der Waals surface area contributed by atoms with Crippen LogP contribution in [0.5, 0.6) is 11.5 Å². The lowest BCUT2D eigenvalue weighted by molar-refractivity contribution is -0.181. The van der Waals surface area contributed by atoms with Gasteiger partial charge >= 0.3 is 12.1 Å². The van der Waals surface area contributed by atoms with Gasteiger partial charge in [-0.25, -0.2) is 0 Å². The Bertz CT molecular complexity index is 1160. The highest BCUT2D eigenvalue weighted by molar-refractivity contribution is 7.19. The topological polar surface area (TPSA) is 83.3 Å². The molecule has 0 spiro atoms. The summed E-state index contributed by atoms with van der Waals surface area (Å²) in [6.45, 7) is 1.84. The number of pyridine rings is 1. The zero-order valence-electron chi connectivity index (χ0n) is 15.1. The lowest BCUT2D eigenvalue weighted by Crippen LogP contribution is -2.42. The van der Waals surface area contributed by atoms with Crippen molar-refractivity contribution in [1.82, 2.24) is 9.88 Å². The Hall–Kier alpha value is -3.45. The molecule has 3 rings (SSSR count). The summed E-state index contributed by atoms with van der Waals surface area (Å²) in [7, 11) is 0.729. The second kappa shape index (κ2) is 7.52. The fourth-order valence-corrected chi connectivity index (χ4v) is 3.59. The number of benzene rings is 1. The van der Waals surface area contributed by atoms with Crippen LogP contribution in [-0.4, -0.2) is 34.9 Å². The molecular formula is C19H12F3N3O3S. The smallest absolute Gasteiger partial charge is 0.457 e. The Morgan fingerprint density at radius 1 is 1.21 bits per heavy atom. The van der Waals surface area contributed by atoms with Crippen molar-refractivity contribution in [2.24, 2.45) is 0 Å². The van der Waals surface area contributed by atoms with Crippen LogP contribution in [0.1, 0.15) is 20.9 Å². The number of halogens is 3. The molecule has 0 aliphatic carbocycles. The van der Waals surface area contributed by atoms with Crippen molar-refractivity contribution < 1.29 is 27.5 Å². The van der Waals surface area contributed by atoms with Gasteiger partial charge in [0, 0.05) is 24.0 Å². The summed E-state index contributed by atoms with van der Waals surface area (Å²) < 4.78 is 44.1. The number of aryl methyl sites for hydroxylation is 1. The Morgan fingerprint density at radius 3 is 2.55 bits per heavy atom. The van der Waals surface area contributed by atoms with Gasteiger partial charge in [0.15, 0.2) is 0 Å². The Balaban J connectivity index is 1.85. The lowest BCUT2D eigenvalue weighted by Gasteiger charge is -2.16. The molecule has 0 atom stereocenters. The summed E-state index contributed by atoms with van der Waals surface area (Å²) >= 11 is 1.31. The molecule has 148 valence electrons. The van der Waals surface area contributed by atoms with Gasteiger partial charge in [-0.1, -0.05) is 0 Å². The number of ether oxygens (including phenoxy) is 1. The molecule has 2 amide bonds. The molecule has 0 unspecified atom stereocenters. The summed E-state index contributed by atoms with van der Waals surface area (Å²) in [5.74, 6) is -2.93. The van der Waals surface area contributed by atoms with Crippen LogP contribution in [0.2, 0.25) is 0 Å². The van der Waals surface area contributed by atoms with Gasteiger partial charge in [-0.2, -0.15) is 18.4 Å². The van der Waals surface area contributed by atoms with Crippen LogP contribution in [0.3, 0.4) is 0 Å². The number of carbonyl (C=O) groups excluding carboxylic acids is 2. The predicted molar refractivity (Wildman–Crippen MR) is 98.7 cm³/mol. The number of fused-ring (bicyclic) bond motifs is 1. The van der Waals surface area contributed by atoms with Gasteiger partial charge in [0.25, 0.3) is 5.91 Å². The molecule has 29 heavy (non-hydrogen) atoms. The van der Waals surface area contributed by atoms with E-state index in [0.29, 0.717) is 10.6 Å². The molecule has 0 N–H and O–H groups in total. The number of carbonyl (C=O) groups is 2. The number of aromatic nitrogens is 1. The summed E-state index contributed by atoms with van der Waals surface area (Å²) in [6.07, 6.45) is -3.98. The molecule has 6 nitrogen and oxygen atoms in total. The van der Waals surface area contributed by atoms with Crippen molar-refractivity contribution in [3.63, 3.8) is 0 Å². The molecule has 0 saturated heterocycles. The van der Waals surface area contributed by atoms with Crippen LogP contribution >= 0.6 is 11.3 Å². The minimum Gasteiger partial charge on any atom is -0.457 e. The van der Waals surface area contributed by atoms with Gasteiger partial charge in [0.2, 0.25) is 0 Å². The number of nitrogens with zero attached hydrogens (tertiary/aromatic N) is 3. The third-order valence-electron chi connectivity index (χ3n) is 4.05. The summed E-state index contributed by atoms with van der Waals surface area (Å²) in [6, 6.07) is 9.87. The van der Waals surface area contributed by atoms with Crippen LogP contribution in [-0.2, 0) is 4.79 Å². The molecular weight excluding hydrogens is 407 g/mol. The van der Waals surface area contributed by atoms with Crippen LogP contribution in [0.25, 0.3) is 10.1 Å². The van der Waals surface area contributed by atoms with E-state index in [1.807, 2.05) is 6.92 Å². The van der Waals surface area contributed by atoms with Gasteiger partial charge in [-0.3, -0.25) is 19.5 Å². The van der Waals surface area contributed by atoms with Crippen molar-refractivity contribution >= 4 is 33.2 Å². The van der Waals surface area contributed by atoms with Crippen LogP contribution in [0.4, 0.5) is 13.2 Å². The normalized spacial score (nSPS) is 11.2. The van der Waals surface area contributed by atoms with Crippen molar-refractivity contribution in [3.05, 3.63) is 52.7 Å². The Labute approximate surface area is 166 Å². The van der Waals surface area contributed by atoms with Gasteiger partial charge in [0.1, 0.15) is 28.1 Å². The lowest BCUT2D eigenvalue weighted by atomic mass is 10.1. The van der Waals surface area contributed by atoms with E-state index in [1.54, 1.807) is 18.2 Å². The number of thiophene rings is 1. The third kappa shape index (κ3) is 4.05. The molecule has 3 aromatic rings. The van der Waals surface area contributed by atoms with E-state index in [2.05, 4.69) is 11.1 Å². The first-order valence-electron chi connectivity index (χ1n) is 8.08. The molecule has 0 saturated carbocycles. The van der Waals surface area contributed by atoms with E-state index < -0.39 is 18.0 Å². The van der Waals surface area contributed by atoms with E-state index >= 15 is 0 Å². The van der Waals surface area contributed by atoms with Gasteiger partial charge in [-0.05, 0) is 42.1 Å². The zero-order chi connectivity index (χ0) is 21.3.